The van der Waals surface area contributed by atoms with Gasteiger partial charge in [-0.25, -0.2) is 0 Å². The molecule has 1 heterocycles. The van der Waals surface area contributed by atoms with Gasteiger partial charge in [-0.2, -0.15) is 0 Å². The molecule has 1 aliphatic heterocycles. The molecule has 0 spiro atoms. The van der Waals surface area contributed by atoms with Gasteiger partial charge in [0.25, 0.3) is 0 Å². The van der Waals surface area contributed by atoms with E-state index in [0.717, 1.165) is 32.7 Å². The van der Waals surface area contributed by atoms with Crippen LogP contribution >= 0.6 is 0 Å². The second kappa shape index (κ2) is 5.06. The quantitative estimate of drug-likeness (QED) is 0.546. The third-order valence-electron chi connectivity index (χ3n) is 2.14. The predicted octanol–water partition coefficient (Wildman–Crippen LogP) is -0.100. The zero-order chi connectivity index (χ0) is 8.81. The Morgan fingerprint density at radius 3 is 2.33 bits per heavy atom. The molecular weight excluding hydrogens is 152 g/mol. The Balaban J connectivity index is 2.19. The van der Waals surface area contributed by atoms with Crippen LogP contribution in [0.2, 0.25) is 0 Å². The zero-order valence-corrected chi connectivity index (χ0v) is 7.33. The minimum atomic E-state index is 0.460. The highest BCUT2D eigenvalue weighted by atomic mass is 16.1. The maximum absolute atomic E-state index is 10.1. The molecule has 0 aromatic heterocycles. The second-order valence-corrected chi connectivity index (χ2v) is 3.01. The van der Waals surface area contributed by atoms with E-state index in [4.69, 9.17) is 0 Å². The smallest absolute Gasteiger partial charge is 0.213 e. The van der Waals surface area contributed by atoms with Crippen molar-refractivity contribution in [2.24, 2.45) is 0 Å². The first-order valence-corrected chi connectivity index (χ1v) is 4.27. The van der Waals surface area contributed by atoms with Gasteiger partial charge in [0.2, 0.25) is 6.29 Å². The molecule has 0 N–H and O–H groups in total. The van der Waals surface area contributed by atoms with Crippen molar-refractivity contribution < 1.29 is 4.79 Å². The first-order valence-electron chi connectivity index (χ1n) is 4.27. The van der Waals surface area contributed by atoms with Crippen LogP contribution in [0.5, 0.6) is 0 Å². The first kappa shape index (κ1) is 9.42. The summed E-state index contributed by atoms with van der Waals surface area (Å²) in [5.74, 6) is 0. The summed E-state index contributed by atoms with van der Waals surface area (Å²) < 4.78 is 0. The Morgan fingerprint density at radius 1 is 1.25 bits per heavy atom. The summed E-state index contributed by atoms with van der Waals surface area (Å²) in [6, 6.07) is 0. The summed E-state index contributed by atoms with van der Waals surface area (Å²) >= 11 is 0. The molecule has 0 aromatic rings. The van der Waals surface area contributed by atoms with E-state index in [1.54, 1.807) is 0 Å². The Kier molecular flexibility index (Phi) is 3.97. The van der Waals surface area contributed by atoms with Gasteiger partial charge in [-0.15, -0.1) is 6.58 Å². The van der Waals surface area contributed by atoms with E-state index in [0.29, 0.717) is 6.54 Å². The number of rotatable bonds is 4. The van der Waals surface area contributed by atoms with E-state index in [1.165, 1.54) is 0 Å². The Hall–Kier alpha value is -0.670. The standard InChI is InChI=1S/C9H15N2O/c1-2-3-10-4-6-11(7-5-10)8-9-12/h2H,1,3-8H2. The number of carbonyl (C=O) groups excluding carboxylic acids is 1. The van der Waals surface area contributed by atoms with Crippen molar-refractivity contribution in [3.8, 4) is 0 Å². The van der Waals surface area contributed by atoms with Crippen molar-refractivity contribution in [2.45, 2.75) is 0 Å². The van der Waals surface area contributed by atoms with Crippen molar-refractivity contribution >= 4 is 6.29 Å². The molecule has 1 fully saturated rings. The molecule has 0 saturated carbocycles. The average molecular weight is 167 g/mol. The fourth-order valence-corrected chi connectivity index (χ4v) is 1.40. The molecule has 1 saturated heterocycles. The number of piperazine rings is 1. The van der Waals surface area contributed by atoms with E-state index in [-0.39, 0.29) is 0 Å². The minimum absolute atomic E-state index is 0.460. The van der Waals surface area contributed by atoms with Crippen LogP contribution < -0.4 is 0 Å². The van der Waals surface area contributed by atoms with Gasteiger partial charge in [0.05, 0.1) is 6.54 Å². The molecule has 0 bridgehead atoms. The summed E-state index contributed by atoms with van der Waals surface area (Å²) in [5.41, 5.74) is 0. The van der Waals surface area contributed by atoms with Crippen LogP contribution in [0.25, 0.3) is 0 Å². The van der Waals surface area contributed by atoms with Gasteiger partial charge in [-0.1, -0.05) is 6.08 Å². The maximum atomic E-state index is 10.1. The molecule has 0 amide bonds. The third kappa shape index (κ3) is 2.75. The topological polar surface area (TPSA) is 23.6 Å². The van der Waals surface area contributed by atoms with E-state index < -0.39 is 0 Å². The largest absolute Gasteiger partial charge is 0.297 e. The lowest BCUT2D eigenvalue weighted by Crippen LogP contribution is -2.46. The molecule has 1 aliphatic rings. The van der Waals surface area contributed by atoms with Crippen LogP contribution in [-0.4, -0.2) is 55.4 Å². The van der Waals surface area contributed by atoms with Crippen molar-refractivity contribution in [2.75, 3.05) is 39.3 Å². The highest BCUT2D eigenvalue weighted by Crippen LogP contribution is 1.99. The van der Waals surface area contributed by atoms with Crippen molar-refractivity contribution in [1.82, 2.24) is 9.80 Å². The number of nitrogens with zero attached hydrogens (tertiary/aromatic N) is 2. The summed E-state index contributed by atoms with van der Waals surface area (Å²) in [5, 5.41) is 0. The summed E-state index contributed by atoms with van der Waals surface area (Å²) in [6.45, 7) is 9.13. The second-order valence-electron chi connectivity index (χ2n) is 3.01. The van der Waals surface area contributed by atoms with Crippen LogP contribution in [0.1, 0.15) is 0 Å². The maximum Gasteiger partial charge on any atom is 0.213 e. The molecule has 67 valence electrons. The lowest BCUT2D eigenvalue weighted by molar-refractivity contribution is 0.156. The van der Waals surface area contributed by atoms with Crippen LogP contribution in [0.15, 0.2) is 12.7 Å². The fourth-order valence-electron chi connectivity index (χ4n) is 1.40. The van der Waals surface area contributed by atoms with Gasteiger partial charge in [0.15, 0.2) is 0 Å². The minimum Gasteiger partial charge on any atom is -0.297 e. The van der Waals surface area contributed by atoms with Crippen LogP contribution in [-0.2, 0) is 4.79 Å². The Morgan fingerprint density at radius 2 is 1.83 bits per heavy atom. The lowest BCUT2D eigenvalue weighted by Gasteiger charge is -2.32. The van der Waals surface area contributed by atoms with Crippen LogP contribution in [0, 0.1) is 0 Å². The molecule has 12 heavy (non-hydrogen) atoms. The average Bonchev–Trinajstić information content (AvgIpc) is 2.09. The van der Waals surface area contributed by atoms with Crippen LogP contribution in [0.4, 0.5) is 0 Å². The molecule has 1 rings (SSSR count). The Labute approximate surface area is 73.6 Å². The molecule has 3 nitrogen and oxygen atoms in total. The first-order chi connectivity index (χ1) is 5.86. The van der Waals surface area contributed by atoms with E-state index in [1.807, 2.05) is 12.4 Å². The van der Waals surface area contributed by atoms with Crippen LogP contribution in [0.3, 0.4) is 0 Å². The van der Waals surface area contributed by atoms with Gasteiger partial charge >= 0.3 is 0 Å². The highest BCUT2D eigenvalue weighted by Gasteiger charge is 2.14. The third-order valence-corrected chi connectivity index (χ3v) is 2.14. The molecule has 3 heteroatoms. The van der Waals surface area contributed by atoms with E-state index in [9.17, 15) is 4.79 Å². The van der Waals surface area contributed by atoms with Gasteiger partial charge in [-0.05, 0) is 0 Å². The van der Waals surface area contributed by atoms with Crippen molar-refractivity contribution in [3.63, 3.8) is 0 Å². The molecule has 0 aromatic carbocycles. The SMILES string of the molecule is C=CCN1CCN(C[C]=O)CC1. The lowest BCUT2D eigenvalue weighted by atomic mass is 10.3. The molecule has 0 unspecified atom stereocenters. The number of hydrogen-bond donors (Lipinski definition) is 0. The fraction of sp³-hybridized carbons (Fsp3) is 0.667. The monoisotopic (exact) mass is 167 g/mol. The van der Waals surface area contributed by atoms with E-state index in [2.05, 4.69) is 16.4 Å². The normalized spacial score (nSPS) is 20.7. The summed E-state index contributed by atoms with van der Waals surface area (Å²) in [6.07, 6.45) is 3.84. The van der Waals surface area contributed by atoms with E-state index >= 15 is 0 Å². The molecule has 0 aliphatic carbocycles. The van der Waals surface area contributed by atoms with Gasteiger partial charge < -0.3 is 0 Å². The van der Waals surface area contributed by atoms with Crippen molar-refractivity contribution in [1.29, 1.82) is 0 Å². The van der Waals surface area contributed by atoms with Gasteiger partial charge in [0, 0.05) is 32.7 Å². The zero-order valence-electron chi connectivity index (χ0n) is 7.33. The Bertz CT molecular complexity index is 133. The molecule has 1 radical (unpaired) electrons. The highest BCUT2D eigenvalue weighted by molar-refractivity contribution is 5.53. The summed E-state index contributed by atoms with van der Waals surface area (Å²) in [7, 11) is 0. The summed E-state index contributed by atoms with van der Waals surface area (Å²) in [4.78, 5) is 14.5. The predicted molar refractivity (Wildman–Crippen MR) is 48.8 cm³/mol. The number of hydrogen-bond acceptors (Lipinski definition) is 3. The van der Waals surface area contributed by atoms with Gasteiger partial charge in [0.1, 0.15) is 0 Å². The molecule has 0 atom stereocenters. The molecular formula is C9H15N2O. The van der Waals surface area contributed by atoms with Gasteiger partial charge in [-0.3, -0.25) is 14.6 Å². The van der Waals surface area contributed by atoms with Crippen molar-refractivity contribution in [3.05, 3.63) is 12.7 Å².